The molecule has 0 aliphatic rings. The van der Waals surface area contributed by atoms with Crippen LogP contribution < -0.4 is 9.88 Å². The quantitative estimate of drug-likeness (QED) is 0.898. The van der Waals surface area contributed by atoms with E-state index in [1.165, 1.54) is 0 Å². The molecule has 108 valence electrons. The largest absolute Gasteiger partial charge is 0.481 e. The molecule has 0 aliphatic carbocycles. The first-order valence-corrected chi connectivity index (χ1v) is 6.76. The molecule has 0 atom stereocenters. The minimum atomic E-state index is -4.35. The molecule has 0 saturated carbocycles. The maximum atomic E-state index is 13.6. The van der Waals surface area contributed by atoms with Crippen molar-refractivity contribution < 1.29 is 26.4 Å². The summed E-state index contributed by atoms with van der Waals surface area (Å²) in [6.07, 6.45) is 0. The fraction of sp³-hybridized carbons (Fsp3) is 0.200. The van der Waals surface area contributed by atoms with Crippen LogP contribution in [-0.2, 0) is 16.6 Å². The van der Waals surface area contributed by atoms with E-state index in [-0.39, 0.29) is 12.5 Å². The van der Waals surface area contributed by atoms with Gasteiger partial charge in [0.15, 0.2) is 18.2 Å². The van der Waals surface area contributed by atoms with Crippen LogP contribution in [0.3, 0.4) is 0 Å². The van der Waals surface area contributed by atoms with Gasteiger partial charge in [-0.15, -0.1) is 10.2 Å². The zero-order valence-corrected chi connectivity index (χ0v) is 10.9. The number of nitrogens with zero attached hydrogens (tertiary/aromatic N) is 2. The molecule has 1 heterocycles. The van der Waals surface area contributed by atoms with E-state index in [4.69, 9.17) is 14.3 Å². The second-order valence-electron chi connectivity index (χ2n) is 3.74. The van der Waals surface area contributed by atoms with Crippen LogP contribution in [0.15, 0.2) is 21.4 Å². The number of benzene rings is 1. The van der Waals surface area contributed by atoms with Gasteiger partial charge in [-0.1, -0.05) is 0 Å². The van der Waals surface area contributed by atoms with Crippen molar-refractivity contribution >= 4 is 10.0 Å². The zero-order chi connectivity index (χ0) is 14.9. The van der Waals surface area contributed by atoms with Crippen molar-refractivity contribution in [2.24, 2.45) is 5.14 Å². The fourth-order valence-corrected chi connectivity index (χ4v) is 1.98. The Morgan fingerprint density at radius 3 is 2.55 bits per heavy atom. The molecule has 0 spiro atoms. The SMILES string of the molecule is Cc1nnc(COc2ccc(S(N)(=O)=O)c(F)c2F)o1. The molecule has 2 N–H and O–H groups in total. The highest BCUT2D eigenvalue weighted by molar-refractivity contribution is 7.89. The van der Waals surface area contributed by atoms with Crippen LogP contribution in [0.4, 0.5) is 8.78 Å². The highest BCUT2D eigenvalue weighted by Gasteiger charge is 2.21. The van der Waals surface area contributed by atoms with E-state index in [9.17, 15) is 17.2 Å². The number of nitrogens with two attached hydrogens (primary N) is 1. The lowest BCUT2D eigenvalue weighted by atomic mass is 10.3. The third-order valence-corrected chi connectivity index (χ3v) is 3.17. The van der Waals surface area contributed by atoms with Crippen LogP contribution in [-0.4, -0.2) is 18.6 Å². The number of sulfonamides is 1. The van der Waals surface area contributed by atoms with Gasteiger partial charge in [0.25, 0.3) is 5.89 Å². The molecule has 0 radical (unpaired) electrons. The molecular weight excluding hydrogens is 296 g/mol. The van der Waals surface area contributed by atoms with Crippen LogP contribution in [0.5, 0.6) is 5.75 Å². The Kier molecular flexibility index (Phi) is 3.68. The lowest BCUT2D eigenvalue weighted by Gasteiger charge is -2.07. The number of hydrogen-bond acceptors (Lipinski definition) is 6. The second kappa shape index (κ2) is 5.13. The maximum Gasteiger partial charge on any atom is 0.253 e. The van der Waals surface area contributed by atoms with Gasteiger partial charge in [-0.2, -0.15) is 4.39 Å². The predicted octanol–water partition coefficient (Wildman–Crippen LogP) is 0.883. The lowest BCUT2D eigenvalue weighted by Crippen LogP contribution is -2.15. The number of halogens is 2. The zero-order valence-electron chi connectivity index (χ0n) is 10.1. The summed E-state index contributed by atoms with van der Waals surface area (Å²) in [5.74, 6) is -3.21. The van der Waals surface area contributed by atoms with Gasteiger partial charge in [0.05, 0.1) is 0 Å². The van der Waals surface area contributed by atoms with Crippen LogP contribution in [0.2, 0.25) is 0 Å². The van der Waals surface area contributed by atoms with Crippen molar-refractivity contribution in [2.45, 2.75) is 18.4 Å². The van der Waals surface area contributed by atoms with Crippen molar-refractivity contribution in [2.75, 3.05) is 0 Å². The first kappa shape index (κ1) is 14.3. The van der Waals surface area contributed by atoms with Gasteiger partial charge < -0.3 is 9.15 Å². The summed E-state index contributed by atoms with van der Waals surface area (Å²) in [5.41, 5.74) is 0. The maximum absolute atomic E-state index is 13.6. The number of aryl methyl sites for hydroxylation is 1. The summed E-state index contributed by atoms with van der Waals surface area (Å²) in [7, 11) is -4.35. The van der Waals surface area contributed by atoms with Gasteiger partial charge in [-0.3, -0.25) is 0 Å². The summed E-state index contributed by atoms with van der Waals surface area (Å²) in [4.78, 5) is -0.948. The van der Waals surface area contributed by atoms with E-state index in [0.717, 1.165) is 12.1 Å². The number of hydrogen-bond donors (Lipinski definition) is 1. The molecule has 0 fully saturated rings. The molecule has 2 aromatic rings. The topological polar surface area (TPSA) is 108 Å². The molecule has 0 saturated heterocycles. The second-order valence-corrected chi connectivity index (χ2v) is 5.27. The Balaban J connectivity index is 2.24. The molecule has 0 unspecified atom stereocenters. The third kappa shape index (κ3) is 2.91. The Labute approximate surface area is 112 Å². The molecule has 2 rings (SSSR count). The van der Waals surface area contributed by atoms with Crippen LogP contribution in [0.1, 0.15) is 11.8 Å². The molecule has 10 heteroatoms. The van der Waals surface area contributed by atoms with Gasteiger partial charge in [0.1, 0.15) is 4.90 Å². The van der Waals surface area contributed by atoms with Crippen molar-refractivity contribution in [1.82, 2.24) is 10.2 Å². The van der Waals surface area contributed by atoms with E-state index in [1.54, 1.807) is 6.92 Å². The summed E-state index contributed by atoms with van der Waals surface area (Å²) in [5, 5.41) is 11.9. The summed E-state index contributed by atoms with van der Waals surface area (Å²) in [6.45, 7) is 1.27. The number of aromatic nitrogens is 2. The fourth-order valence-electron chi connectivity index (χ4n) is 1.38. The summed E-state index contributed by atoms with van der Waals surface area (Å²) < 4.78 is 59.0. The standard InChI is InChI=1S/C10H9F2N3O4S/c1-5-14-15-8(19-5)4-18-6-2-3-7(20(13,16)17)10(12)9(6)11/h2-3H,4H2,1H3,(H2,13,16,17). The smallest absolute Gasteiger partial charge is 0.253 e. The highest BCUT2D eigenvalue weighted by Crippen LogP contribution is 2.25. The molecule has 0 amide bonds. The Morgan fingerprint density at radius 1 is 1.30 bits per heavy atom. The number of rotatable bonds is 4. The van der Waals surface area contributed by atoms with E-state index in [0.29, 0.717) is 5.89 Å². The van der Waals surface area contributed by atoms with Crippen LogP contribution in [0.25, 0.3) is 0 Å². The molecule has 1 aromatic carbocycles. The molecule has 0 aliphatic heterocycles. The lowest BCUT2D eigenvalue weighted by molar-refractivity contribution is 0.245. The van der Waals surface area contributed by atoms with E-state index >= 15 is 0 Å². The van der Waals surface area contributed by atoms with Gasteiger partial charge in [-0.05, 0) is 12.1 Å². The number of primary sulfonamides is 1. The molecule has 1 aromatic heterocycles. The monoisotopic (exact) mass is 305 g/mol. The first-order valence-electron chi connectivity index (χ1n) is 5.21. The average molecular weight is 305 g/mol. The van der Waals surface area contributed by atoms with Gasteiger partial charge in [0.2, 0.25) is 21.7 Å². The first-order chi connectivity index (χ1) is 9.29. The predicted molar refractivity (Wildman–Crippen MR) is 61.1 cm³/mol. The highest BCUT2D eigenvalue weighted by atomic mass is 32.2. The van der Waals surface area contributed by atoms with Gasteiger partial charge >= 0.3 is 0 Å². The Bertz CT molecular complexity index is 745. The summed E-state index contributed by atoms with van der Waals surface area (Å²) >= 11 is 0. The van der Waals surface area contributed by atoms with Gasteiger partial charge in [-0.25, -0.2) is 17.9 Å². The van der Waals surface area contributed by atoms with Crippen molar-refractivity contribution in [3.8, 4) is 5.75 Å². The molecule has 7 nitrogen and oxygen atoms in total. The van der Waals surface area contributed by atoms with Gasteiger partial charge in [0, 0.05) is 6.92 Å². The Hall–Kier alpha value is -2.07. The van der Waals surface area contributed by atoms with Crippen molar-refractivity contribution in [3.63, 3.8) is 0 Å². The molecular formula is C10H9F2N3O4S. The Morgan fingerprint density at radius 2 is 2.00 bits per heavy atom. The van der Waals surface area contributed by atoms with Crippen LogP contribution >= 0.6 is 0 Å². The number of ether oxygens (including phenoxy) is 1. The third-order valence-electron chi connectivity index (χ3n) is 2.24. The normalized spacial score (nSPS) is 11.6. The van der Waals surface area contributed by atoms with Crippen LogP contribution in [0, 0.1) is 18.6 Å². The van der Waals surface area contributed by atoms with E-state index < -0.39 is 32.3 Å². The van der Waals surface area contributed by atoms with E-state index in [1.807, 2.05) is 0 Å². The van der Waals surface area contributed by atoms with Crippen molar-refractivity contribution in [1.29, 1.82) is 0 Å². The minimum absolute atomic E-state index is 0.0674. The molecule has 20 heavy (non-hydrogen) atoms. The van der Waals surface area contributed by atoms with E-state index in [2.05, 4.69) is 10.2 Å². The summed E-state index contributed by atoms with van der Waals surface area (Å²) in [6, 6.07) is 1.75. The molecule has 0 bridgehead atoms. The average Bonchev–Trinajstić information content (AvgIpc) is 2.75. The minimum Gasteiger partial charge on any atom is -0.481 e. The van der Waals surface area contributed by atoms with Crippen molar-refractivity contribution in [3.05, 3.63) is 35.5 Å².